The van der Waals surface area contributed by atoms with E-state index in [2.05, 4.69) is 103 Å². The topological polar surface area (TPSA) is 12.4 Å². The monoisotopic (exact) mass is 395 g/mol. The summed E-state index contributed by atoms with van der Waals surface area (Å²) < 4.78 is 0. The van der Waals surface area contributed by atoms with Crippen molar-refractivity contribution in [3.63, 3.8) is 0 Å². The maximum atomic E-state index is 4.68. The van der Waals surface area contributed by atoms with Gasteiger partial charge in [0.2, 0.25) is 0 Å². The van der Waals surface area contributed by atoms with Gasteiger partial charge in [-0.2, -0.15) is 4.99 Å². The molecule has 0 N–H and O–H groups in total. The van der Waals surface area contributed by atoms with E-state index in [4.69, 9.17) is 0 Å². The highest BCUT2D eigenvalue weighted by Gasteiger charge is 2.03. The van der Waals surface area contributed by atoms with Crippen molar-refractivity contribution < 1.29 is 0 Å². The van der Waals surface area contributed by atoms with E-state index in [9.17, 15) is 0 Å². The minimum Gasteiger partial charge on any atom is -0.195 e. The summed E-state index contributed by atoms with van der Waals surface area (Å²) in [7, 11) is 0. The second-order valence-corrected chi connectivity index (χ2v) is 7.37. The van der Waals surface area contributed by atoms with Crippen LogP contribution in [0.25, 0.3) is 11.1 Å². The Morgan fingerprint density at radius 2 is 1.48 bits per heavy atom. The van der Waals surface area contributed by atoms with Crippen LogP contribution in [0.2, 0.25) is 0 Å². The van der Waals surface area contributed by atoms with Crippen LogP contribution in [0.3, 0.4) is 0 Å². The quantitative estimate of drug-likeness (QED) is 0.182. The third kappa shape index (κ3) is 6.00. The summed E-state index contributed by atoms with van der Waals surface area (Å²) in [6, 6.07) is 23.1. The van der Waals surface area contributed by atoms with Crippen LogP contribution in [-0.4, -0.2) is 5.16 Å². The Kier molecular flexibility index (Phi) is 7.54. The van der Waals surface area contributed by atoms with E-state index in [0.29, 0.717) is 0 Å². The summed E-state index contributed by atoms with van der Waals surface area (Å²) in [6.45, 7) is 4.32. The molecule has 0 fully saturated rings. The van der Waals surface area contributed by atoms with Gasteiger partial charge in [0.05, 0.1) is 10.8 Å². The van der Waals surface area contributed by atoms with E-state index in [0.717, 1.165) is 28.8 Å². The maximum Gasteiger partial charge on any atom is 0.0742 e. The van der Waals surface area contributed by atoms with Gasteiger partial charge < -0.3 is 0 Å². The lowest BCUT2D eigenvalue weighted by molar-refractivity contribution is 0.717. The van der Waals surface area contributed by atoms with Crippen LogP contribution in [0.15, 0.2) is 71.7 Å². The Hall–Kier alpha value is -2.98. The normalized spacial score (nSPS) is 10.0. The van der Waals surface area contributed by atoms with Gasteiger partial charge in [-0.3, -0.25) is 0 Å². The Morgan fingerprint density at radius 1 is 0.828 bits per heavy atom. The van der Waals surface area contributed by atoms with Gasteiger partial charge in [-0.05, 0) is 90.6 Å². The fourth-order valence-corrected chi connectivity index (χ4v) is 3.41. The van der Waals surface area contributed by atoms with Crippen molar-refractivity contribution in [3.8, 4) is 23.0 Å². The molecule has 3 aromatic carbocycles. The number of aliphatic imine (C=N–C) groups is 1. The first-order chi connectivity index (χ1) is 14.2. The fraction of sp³-hybridized carbons (Fsp3) is 0.222. The number of isothiocyanates is 1. The highest BCUT2D eigenvalue weighted by atomic mass is 32.1. The molecule has 0 unspecified atom stereocenters. The molecule has 0 atom stereocenters. The van der Waals surface area contributed by atoms with Crippen LogP contribution >= 0.6 is 12.2 Å². The Balaban J connectivity index is 1.69. The summed E-state index contributed by atoms with van der Waals surface area (Å²) in [6.07, 6.45) is 4.97. The van der Waals surface area contributed by atoms with Crippen molar-refractivity contribution in [2.45, 2.75) is 39.5 Å². The zero-order chi connectivity index (χ0) is 20.5. The van der Waals surface area contributed by atoms with E-state index >= 15 is 0 Å². The molecule has 0 aromatic heterocycles. The summed E-state index contributed by atoms with van der Waals surface area (Å²) in [5, 5.41) is 2.41. The van der Waals surface area contributed by atoms with Crippen molar-refractivity contribution in [2.75, 3.05) is 0 Å². The van der Waals surface area contributed by atoms with Gasteiger partial charge in [-0.1, -0.05) is 61.9 Å². The van der Waals surface area contributed by atoms with Crippen molar-refractivity contribution in [1.82, 2.24) is 0 Å². The summed E-state index contributed by atoms with van der Waals surface area (Å²) in [5.41, 5.74) is 7.81. The van der Waals surface area contributed by atoms with E-state index in [1.165, 1.54) is 36.0 Å². The molecule has 29 heavy (non-hydrogen) atoms. The molecular weight excluding hydrogens is 370 g/mol. The zero-order valence-electron chi connectivity index (χ0n) is 17.0. The predicted molar refractivity (Wildman–Crippen MR) is 127 cm³/mol. The van der Waals surface area contributed by atoms with Gasteiger partial charge in [0.25, 0.3) is 0 Å². The Labute approximate surface area is 179 Å². The predicted octanol–water partition coefficient (Wildman–Crippen LogP) is 7.53. The van der Waals surface area contributed by atoms with Crippen molar-refractivity contribution in [1.29, 1.82) is 0 Å². The highest BCUT2D eigenvalue weighted by molar-refractivity contribution is 7.78. The number of benzene rings is 3. The summed E-state index contributed by atoms with van der Waals surface area (Å²) in [4.78, 5) is 4.04. The van der Waals surface area contributed by atoms with Gasteiger partial charge in [0.15, 0.2) is 0 Å². The third-order valence-electron chi connectivity index (χ3n) is 4.95. The van der Waals surface area contributed by atoms with Crippen LogP contribution in [0, 0.1) is 18.8 Å². The van der Waals surface area contributed by atoms with Crippen molar-refractivity contribution >= 4 is 23.1 Å². The van der Waals surface area contributed by atoms with Crippen molar-refractivity contribution in [3.05, 3.63) is 89.0 Å². The maximum absolute atomic E-state index is 4.68. The highest BCUT2D eigenvalue weighted by Crippen LogP contribution is 2.27. The molecule has 0 radical (unpaired) electrons. The second kappa shape index (κ2) is 10.5. The second-order valence-electron chi connectivity index (χ2n) is 7.18. The molecule has 0 aliphatic carbocycles. The van der Waals surface area contributed by atoms with Crippen LogP contribution in [-0.2, 0) is 6.42 Å². The first kappa shape index (κ1) is 20.7. The number of aryl methyl sites for hydroxylation is 2. The van der Waals surface area contributed by atoms with Crippen LogP contribution in [0.5, 0.6) is 0 Å². The molecule has 0 amide bonds. The molecule has 1 nitrogen and oxygen atoms in total. The number of thiocarbonyl (C=S) groups is 1. The molecule has 0 saturated heterocycles. The first-order valence-electron chi connectivity index (χ1n) is 10.1. The molecular formula is C27H25NS. The van der Waals surface area contributed by atoms with Gasteiger partial charge >= 0.3 is 0 Å². The molecule has 3 aromatic rings. The molecule has 0 spiro atoms. The molecule has 3 rings (SSSR count). The Morgan fingerprint density at radius 3 is 2.07 bits per heavy atom. The molecule has 0 saturated carbocycles. The number of rotatable bonds is 6. The summed E-state index contributed by atoms with van der Waals surface area (Å²) >= 11 is 4.68. The average molecular weight is 396 g/mol. The molecule has 0 aliphatic rings. The van der Waals surface area contributed by atoms with Crippen LogP contribution in [0.1, 0.15) is 48.4 Å². The van der Waals surface area contributed by atoms with Crippen LogP contribution < -0.4 is 0 Å². The first-order valence-corrected chi connectivity index (χ1v) is 10.5. The van der Waals surface area contributed by atoms with Gasteiger partial charge in [-0.25, -0.2) is 0 Å². The lowest BCUT2D eigenvalue weighted by atomic mass is 9.99. The molecule has 2 heteroatoms. The lowest BCUT2D eigenvalue weighted by Crippen LogP contribution is -1.86. The standard InChI is InChI=1S/C27H25NS/c1-3-4-5-6-22-7-9-23(10-8-22)11-12-24-13-15-25(16-14-24)27-18-17-26(28-20-29)19-21(27)2/h7-10,13-19H,3-6H2,1-2H3. The number of unbranched alkanes of at least 4 members (excludes halogenated alkanes) is 2. The number of hydrogen-bond acceptors (Lipinski definition) is 2. The Bertz CT molecular complexity index is 1060. The third-order valence-corrected chi connectivity index (χ3v) is 5.05. The fourth-order valence-electron chi connectivity index (χ4n) is 3.31. The molecule has 0 aliphatic heterocycles. The molecule has 0 bridgehead atoms. The molecule has 144 valence electrons. The zero-order valence-corrected chi connectivity index (χ0v) is 17.9. The van der Waals surface area contributed by atoms with E-state index in [-0.39, 0.29) is 0 Å². The van der Waals surface area contributed by atoms with E-state index in [1.807, 2.05) is 12.1 Å². The van der Waals surface area contributed by atoms with E-state index < -0.39 is 0 Å². The SMILES string of the molecule is CCCCCc1ccc(C#Cc2ccc(-c3ccc(N=C=S)cc3C)cc2)cc1. The number of nitrogens with zero attached hydrogens (tertiary/aromatic N) is 1. The largest absolute Gasteiger partial charge is 0.195 e. The number of hydrogen-bond donors (Lipinski definition) is 0. The van der Waals surface area contributed by atoms with E-state index in [1.54, 1.807) is 0 Å². The van der Waals surface area contributed by atoms with Crippen LogP contribution in [0.4, 0.5) is 5.69 Å². The van der Waals surface area contributed by atoms with Gasteiger partial charge in [-0.15, -0.1) is 0 Å². The average Bonchev–Trinajstić information content (AvgIpc) is 2.74. The minimum absolute atomic E-state index is 0.833. The summed E-state index contributed by atoms with van der Waals surface area (Å²) in [5.74, 6) is 6.54. The minimum atomic E-state index is 0.833. The van der Waals surface area contributed by atoms with Gasteiger partial charge in [0, 0.05) is 11.1 Å². The molecule has 0 heterocycles. The smallest absolute Gasteiger partial charge is 0.0742 e. The van der Waals surface area contributed by atoms with Gasteiger partial charge in [0.1, 0.15) is 0 Å². The van der Waals surface area contributed by atoms with Crippen molar-refractivity contribution in [2.24, 2.45) is 4.99 Å². The lowest BCUT2D eigenvalue weighted by Gasteiger charge is -2.07.